The molecule has 7 nitrogen and oxygen atoms in total. The second-order valence-electron chi connectivity index (χ2n) is 9.41. The van der Waals surface area contributed by atoms with Crippen LogP contribution in [0.25, 0.3) is 28.2 Å². The first-order chi connectivity index (χ1) is 19.9. The monoisotopic (exact) mass is 628 g/mol. The van der Waals surface area contributed by atoms with Crippen LogP contribution in [0, 0.1) is 0 Å². The number of esters is 1. The van der Waals surface area contributed by atoms with E-state index in [1.54, 1.807) is 31.6 Å². The molecule has 0 spiro atoms. The number of fused-ring (bicyclic) bond motifs is 2. The Bertz CT molecular complexity index is 2020. The van der Waals surface area contributed by atoms with E-state index in [1.807, 2.05) is 72.8 Å². The Balaban J connectivity index is 1.57. The maximum Gasteiger partial charge on any atom is 0.338 e. The highest BCUT2D eigenvalue weighted by molar-refractivity contribution is 9.10. The number of hydrogen-bond acceptors (Lipinski definition) is 7. The van der Waals surface area contributed by atoms with Crippen LogP contribution in [-0.4, -0.2) is 24.3 Å². The normalized spacial score (nSPS) is 15.1. The Morgan fingerprint density at radius 3 is 2.63 bits per heavy atom. The summed E-state index contributed by atoms with van der Waals surface area (Å²) >= 11 is 4.70. The van der Waals surface area contributed by atoms with E-state index < -0.39 is 12.0 Å². The zero-order valence-corrected chi connectivity index (χ0v) is 24.9. The highest BCUT2D eigenvalue weighted by Gasteiger charge is 2.36. The van der Waals surface area contributed by atoms with E-state index in [9.17, 15) is 9.59 Å². The lowest BCUT2D eigenvalue weighted by Gasteiger charge is -2.27. The smallest absolute Gasteiger partial charge is 0.338 e. The van der Waals surface area contributed by atoms with Crippen LogP contribution in [0.5, 0.6) is 5.75 Å². The SMILES string of the molecule is CCOC(=O)C1=C(C)N=c2s/c(=C/c3ccc(-c4ccc(Br)cc4)o3)c(=O)n2[C@H]1c1c(OC)ccc2ccccc12. The van der Waals surface area contributed by atoms with Crippen molar-refractivity contribution >= 4 is 50.1 Å². The van der Waals surface area contributed by atoms with Crippen molar-refractivity contribution in [3.63, 3.8) is 0 Å². The first-order valence-electron chi connectivity index (χ1n) is 13.0. The molecule has 1 atom stereocenters. The molecule has 5 aromatic rings. The number of nitrogens with zero attached hydrogens (tertiary/aromatic N) is 2. The summed E-state index contributed by atoms with van der Waals surface area (Å²) in [5, 5.41) is 1.83. The minimum Gasteiger partial charge on any atom is -0.496 e. The van der Waals surface area contributed by atoms with Crippen LogP contribution < -0.4 is 19.6 Å². The maximum atomic E-state index is 14.1. The molecule has 0 unspecified atom stereocenters. The fourth-order valence-electron chi connectivity index (χ4n) is 5.13. The fraction of sp³-hybridized carbons (Fsp3) is 0.156. The van der Waals surface area contributed by atoms with Gasteiger partial charge >= 0.3 is 5.97 Å². The molecule has 0 radical (unpaired) electrons. The Morgan fingerprint density at radius 2 is 1.88 bits per heavy atom. The molecule has 2 aromatic heterocycles. The molecule has 6 rings (SSSR count). The summed E-state index contributed by atoms with van der Waals surface area (Å²) in [4.78, 5) is 32.7. The average molecular weight is 630 g/mol. The first-order valence-corrected chi connectivity index (χ1v) is 14.6. The predicted molar refractivity (Wildman–Crippen MR) is 163 cm³/mol. The number of hydrogen-bond donors (Lipinski definition) is 0. The van der Waals surface area contributed by atoms with E-state index in [0.29, 0.717) is 43.4 Å². The van der Waals surface area contributed by atoms with Crippen molar-refractivity contribution in [1.82, 2.24) is 4.57 Å². The van der Waals surface area contributed by atoms with E-state index in [1.165, 1.54) is 11.3 Å². The van der Waals surface area contributed by atoms with Crippen molar-refractivity contribution in [2.24, 2.45) is 4.99 Å². The summed E-state index contributed by atoms with van der Waals surface area (Å²) in [5.74, 6) is 1.27. The molecule has 3 aromatic carbocycles. The van der Waals surface area contributed by atoms with Gasteiger partial charge in [-0.2, -0.15) is 0 Å². The van der Waals surface area contributed by atoms with Gasteiger partial charge in [-0.15, -0.1) is 0 Å². The van der Waals surface area contributed by atoms with E-state index in [2.05, 4.69) is 15.9 Å². The van der Waals surface area contributed by atoms with Gasteiger partial charge in [0.25, 0.3) is 5.56 Å². The van der Waals surface area contributed by atoms with Crippen LogP contribution in [0.3, 0.4) is 0 Å². The minimum absolute atomic E-state index is 0.193. The molecular weight excluding hydrogens is 604 g/mol. The van der Waals surface area contributed by atoms with Gasteiger partial charge in [0, 0.05) is 21.7 Å². The number of aromatic nitrogens is 1. The molecular formula is C32H25BrN2O5S. The molecule has 0 saturated heterocycles. The number of benzene rings is 3. The molecule has 41 heavy (non-hydrogen) atoms. The second kappa shape index (κ2) is 11.0. The average Bonchev–Trinajstić information content (AvgIpc) is 3.56. The van der Waals surface area contributed by atoms with E-state index >= 15 is 0 Å². The van der Waals surface area contributed by atoms with Gasteiger partial charge in [0.2, 0.25) is 0 Å². The van der Waals surface area contributed by atoms with Crippen molar-refractivity contribution in [2.45, 2.75) is 19.9 Å². The van der Waals surface area contributed by atoms with Crippen molar-refractivity contribution in [3.8, 4) is 17.1 Å². The summed E-state index contributed by atoms with van der Waals surface area (Å²) in [7, 11) is 1.58. The van der Waals surface area contributed by atoms with Crippen LogP contribution in [0.4, 0.5) is 0 Å². The number of halogens is 1. The molecule has 0 amide bonds. The number of carbonyl (C=O) groups excluding carboxylic acids is 1. The lowest BCUT2D eigenvalue weighted by atomic mass is 9.90. The summed E-state index contributed by atoms with van der Waals surface area (Å²) < 4.78 is 20.3. The van der Waals surface area contributed by atoms with Gasteiger partial charge < -0.3 is 13.9 Å². The maximum absolute atomic E-state index is 14.1. The number of rotatable bonds is 6. The van der Waals surface area contributed by atoms with Crippen LogP contribution in [-0.2, 0) is 9.53 Å². The number of methoxy groups -OCH3 is 1. The van der Waals surface area contributed by atoms with Gasteiger partial charge in [-0.25, -0.2) is 9.79 Å². The lowest BCUT2D eigenvalue weighted by molar-refractivity contribution is -0.139. The second-order valence-corrected chi connectivity index (χ2v) is 11.3. The van der Waals surface area contributed by atoms with Gasteiger partial charge in [0.1, 0.15) is 23.3 Å². The van der Waals surface area contributed by atoms with Gasteiger partial charge in [0.15, 0.2) is 4.80 Å². The minimum atomic E-state index is -0.802. The van der Waals surface area contributed by atoms with Crippen LogP contribution in [0.1, 0.15) is 31.2 Å². The molecule has 206 valence electrons. The quantitative estimate of drug-likeness (QED) is 0.216. The number of allylic oxidation sites excluding steroid dienone is 1. The zero-order valence-electron chi connectivity index (χ0n) is 22.5. The molecule has 0 aliphatic carbocycles. The van der Waals surface area contributed by atoms with Crippen LogP contribution >= 0.6 is 27.3 Å². The Labute approximate surface area is 247 Å². The lowest BCUT2D eigenvalue weighted by Crippen LogP contribution is -2.40. The molecule has 0 bridgehead atoms. The summed E-state index contributed by atoms with van der Waals surface area (Å²) in [6, 6.07) is 22.4. The van der Waals surface area contributed by atoms with Crippen molar-refractivity contribution in [1.29, 1.82) is 0 Å². The number of furan rings is 1. The number of thiazole rings is 1. The Hall–Kier alpha value is -4.21. The molecule has 0 saturated carbocycles. The molecule has 9 heteroatoms. The highest BCUT2D eigenvalue weighted by Crippen LogP contribution is 2.40. The summed E-state index contributed by atoms with van der Waals surface area (Å²) in [5.41, 5.74) is 2.13. The largest absolute Gasteiger partial charge is 0.496 e. The molecule has 1 aliphatic heterocycles. The molecule has 0 N–H and O–H groups in total. The molecule has 3 heterocycles. The molecule has 1 aliphatic rings. The number of ether oxygens (including phenoxy) is 2. The third-order valence-corrected chi connectivity index (χ3v) is 8.48. The van der Waals surface area contributed by atoms with Crippen LogP contribution in [0.2, 0.25) is 0 Å². The van der Waals surface area contributed by atoms with Gasteiger partial charge in [-0.05, 0) is 55.0 Å². The Morgan fingerprint density at radius 1 is 1.10 bits per heavy atom. The van der Waals surface area contributed by atoms with Crippen LogP contribution in [0.15, 0.2) is 103 Å². The van der Waals surface area contributed by atoms with E-state index in [-0.39, 0.29) is 12.2 Å². The van der Waals surface area contributed by atoms with E-state index in [0.717, 1.165) is 20.8 Å². The van der Waals surface area contributed by atoms with Gasteiger partial charge in [-0.3, -0.25) is 9.36 Å². The molecule has 0 fully saturated rings. The third kappa shape index (κ3) is 4.85. The topological polar surface area (TPSA) is 83.0 Å². The predicted octanol–water partition coefficient (Wildman–Crippen LogP) is 5.98. The first kappa shape index (κ1) is 27.0. The summed E-state index contributed by atoms with van der Waals surface area (Å²) in [6.07, 6.45) is 1.72. The third-order valence-electron chi connectivity index (χ3n) is 6.97. The van der Waals surface area contributed by atoms with Crippen molar-refractivity contribution in [2.75, 3.05) is 13.7 Å². The standard InChI is InChI=1S/C32H25BrN2O5S/c1-4-39-31(37)27-18(2)34-32-35(29(27)28-23-8-6-5-7-19(23)11-15-25(28)38-3)30(36)26(41-32)17-22-14-16-24(40-22)20-9-12-21(33)13-10-20/h5-17,29H,4H2,1-3H3/b26-17+/t29-/m1/s1. The highest BCUT2D eigenvalue weighted by atomic mass is 79.9. The van der Waals surface area contributed by atoms with E-state index in [4.69, 9.17) is 18.9 Å². The summed E-state index contributed by atoms with van der Waals surface area (Å²) in [6.45, 7) is 3.71. The van der Waals surface area contributed by atoms with Gasteiger partial charge in [-0.1, -0.05) is 69.7 Å². The fourth-order valence-corrected chi connectivity index (χ4v) is 6.42. The zero-order chi connectivity index (χ0) is 28.7. The number of carbonyl (C=O) groups is 1. The Kier molecular flexibility index (Phi) is 7.23. The van der Waals surface area contributed by atoms with Crippen molar-refractivity contribution in [3.05, 3.63) is 120 Å². The van der Waals surface area contributed by atoms with Gasteiger partial charge in [0.05, 0.1) is 29.5 Å². The van der Waals surface area contributed by atoms with Crippen molar-refractivity contribution < 1.29 is 18.7 Å².